The molecule has 0 atom stereocenters. The molecule has 0 aromatic heterocycles. The molecule has 0 spiro atoms. The third-order valence-corrected chi connectivity index (χ3v) is 2.07. The zero-order chi connectivity index (χ0) is 14.7. The van der Waals surface area contributed by atoms with E-state index in [0.717, 1.165) is 0 Å². The van der Waals surface area contributed by atoms with E-state index in [9.17, 15) is 9.59 Å². The Balaban J connectivity index is 3.67. The van der Waals surface area contributed by atoms with Gasteiger partial charge in [-0.1, -0.05) is 13.2 Å². The van der Waals surface area contributed by atoms with Gasteiger partial charge in [0.25, 0.3) is 0 Å². The van der Waals surface area contributed by atoms with E-state index in [2.05, 4.69) is 23.8 Å². The van der Waals surface area contributed by atoms with Gasteiger partial charge in [-0.15, -0.1) is 0 Å². The summed E-state index contributed by atoms with van der Waals surface area (Å²) in [5, 5.41) is 5.18. The predicted octanol–water partition coefficient (Wildman–Crippen LogP) is 0.360. The summed E-state index contributed by atoms with van der Waals surface area (Å²) in [5.41, 5.74) is 0. The van der Waals surface area contributed by atoms with Gasteiger partial charge in [0.1, 0.15) is 0 Å². The van der Waals surface area contributed by atoms with E-state index in [1.54, 1.807) is 13.8 Å². The number of carbonyl (C=O) groups excluding carboxylic acids is 2. The highest BCUT2D eigenvalue weighted by molar-refractivity contribution is 5.87. The minimum absolute atomic E-state index is 0.241. The van der Waals surface area contributed by atoms with Gasteiger partial charge < -0.3 is 20.1 Å². The van der Waals surface area contributed by atoms with Gasteiger partial charge in [-0.2, -0.15) is 0 Å². The van der Waals surface area contributed by atoms with E-state index in [1.165, 1.54) is 12.2 Å². The van der Waals surface area contributed by atoms with Crippen molar-refractivity contribution in [2.45, 2.75) is 19.6 Å². The van der Waals surface area contributed by atoms with Crippen LogP contribution in [-0.2, 0) is 19.1 Å². The maximum Gasteiger partial charge on any atom is 0.243 e. The molecule has 0 rings (SSSR count). The van der Waals surface area contributed by atoms with Gasteiger partial charge in [0, 0.05) is 13.1 Å². The molecule has 0 unspecified atom stereocenters. The minimum Gasteiger partial charge on any atom is -0.350 e. The molecule has 0 radical (unpaired) electrons. The molecule has 0 aliphatic rings. The smallest absolute Gasteiger partial charge is 0.243 e. The van der Waals surface area contributed by atoms with Crippen molar-refractivity contribution in [3.05, 3.63) is 25.3 Å². The molecule has 0 bridgehead atoms. The highest BCUT2D eigenvalue weighted by atomic mass is 16.7. The first-order valence-electron chi connectivity index (χ1n) is 5.99. The molecule has 0 aromatic rings. The van der Waals surface area contributed by atoms with Crippen molar-refractivity contribution in [1.82, 2.24) is 10.6 Å². The monoisotopic (exact) mass is 270 g/mol. The van der Waals surface area contributed by atoms with Gasteiger partial charge >= 0.3 is 0 Å². The quantitative estimate of drug-likeness (QED) is 0.341. The van der Waals surface area contributed by atoms with Gasteiger partial charge in [0.05, 0.1) is 13.2 Å². The van der Waals surface area contributed by atoms with Crippen LogP contribution in [0, 0.1) is 0 Å². The maximum atomic E-state index is 10.9. The number of carbonyl (C=O) groups is 2. The molecule has 0 aliphatic heterocycles. The number of hydrogen-bond acceptors (Lipinski definition) is 4. The van der Waals surface area contributed by atoms with Crippen molar-refractivity contribution >= 4 is 11.8 Å². The average Bonchev–Trinajstić information content (AvgIpc) is 2.39. The molecule has 108 valence electrons. The Morgan fingerprint density at radius 3 is 1.68 bits per heavy atom. The van der Waals surface area contributed by atoms with Crippen LogP contribution in [0.15, 0.2) is 25.3 Å². The van der Waals surface area contributed by atoms with Crippen LogP contribution >= 0.6 is 0 Å². The van der Waals surface area contributed by atoms with E-state index >= 15 is 0 Å². The Bertz CT molecular complexity index is 297. The third-order valence-electron chi connectivity index (χ3n) is 2.07. The summed E-state index contributed by atoms with van der Waals surface area (Å²) in [7, 11) is 0. The number of ether oxygens (including phenoxy) is 2. The van der Waals surface area contributed by atoms with E-state index in [4.69, 9.17) is 9.47 Å². The average molecular weight is 270 g/mol. The predicted molar refractivity (Wildman–Crippen MR) is 72.4 cm³/mol. The van der Waals surface area contributed by atoms with Crippen LogP contribution < -0.4 is 10.6 Å². The van der Waals surface area contributed by atoms with Crippen LogP contribution in [0.2, 0.25) is 0 Å². The Labute approximate surface area is 113 Å². The highest BCUT2D eigenvalue weighted by Crippen LogP contribution is 2.09. The molecule has 2 N–H and O–H groups in total. The second-order valence-electron chi connectivity index (χ2n) is 4.09. The standard InChI is InChI=1S/C13H22N2O4/c1-5-11(16)14-7-9-18-13(3,4)19-10-8-15-12(17)6-2/h5-6H,1-2,7-10H2,3-4H3,(H,14,16)(H,15,17). The molecule has 0 aliphatic carbocycles. The molecule has 0 fully saturated rings. The molecule has 6 nitrogen and oxygen atoms in total. The first kappa shape index (κ1) is 17.3. The first-order valence-corrected chi connectivity index (χ1v) is 5.99. The summed E-state index contributed by atoms with van der Waals surface area (Å²) in [5.74, 6) is -1.26. The number of rotatable bonds is 10. The molecule has 19 heavy (non-hydrogen) atoms. The van der Waals surface area contributed by atoms with Gasteiger partial charge in [0.15, 0.2) is 5.79 Å². The lowest BCUT2D eigenvalue weighted by Crippen LogP contribution is -2.36. The SMILES string of the molecule is C=CC(=O)NCCOC(C)(C)OCCNC(=O)C=C. The topological polar surface area (TPSA) is 76.7 Å². The van der Waals surface area contributed by atoms with Crippen LogP contribution in [-0.4, -0.2) is 43.9 Å². The zero-order valence-corrected chi connectivity index (χ0v) is 11.5. The lowest BCUT2D eigenvalue weighted by molar-refractivity contribution is -0.211. The molecule has 0 saturated carbocycles. The molecule has 0 heterocycles. The van der Waals surface area contributed by atoms with Gasteiger partial charge in [-0.05, 0) is 26.0 Å². The molecule has 0 saturated heterocycles. The fourth-order valence-corrected chi connectivity index (χ4v) is 1.13. The van der Waals surface area contributed by atoms with Crippen molar-refractivity contribution in [2.75, 3.05) is 26.3 Å². The van der Waals surface area contributed by atoms with E-state index < -0.39 is 5.79 Å². The lowest BCUT2D eigenvalue weighted by atomic mass is 10.4. The molecule has 0 aromatic carbocycles. The van der Waals surface area contributed by atoms with E-state index in [0.29, 0.717) is 26.3 Å². The minimum atomic E-state index is -0.780. The third kappa shape index (κ3) is 9.99. The van der Waals surface area contributed by atoms with Crippen molar-refractivity contribution in [1.29, 1.82) is 0 Å². The fourth-order valence-electron chi connectivity index (χ4n) is 1.13. The lowest BCUT2D eigenvalue weighted by Gasteiger charge is -2.25. The van der Waals surface area contributed by atoms with Crippen molar-refractivity contribution < 1.29 is 19.1 Å². The number of amides is 2. The van der Waals surface area contributed by atoms with E-state index in [1.807, 2.05) is 0 Å². The van der Waals surface area contributed by atoms with Gasteiger partial charge in [-0.3, -0.25) is 9.59 Å². The fraction of sp³-hybridized carbons (Fsp3) is 0.538. The Morgan fingerprint density at radius 2 is 1.37 bits per heavy atom. The van der Waals surface area contributed by atoms with Gasteiger partial charge in [-0.25, -0.2) is 0 Å². The van der Waals surface area contributed by atoms with Gasteiger partial charge in [0.2, 0.25) is 11.8 Å². The molecule has 2 amide bonds. The molecular weight excluding hydrogens is 248 g/mol. The maximum absolute atomic E-state index is 10.9. The van der Waals surface area contributed by atoms with Crippen LogP contribution in [0.25, 0.3) is 0 Å². The largest absolute Gasteiger partial charge is 0.350 e. The highest BCUT2D eigenvalue weighted by Gasteiger charge is 2.18. The second-order valence-corrected chi connectivity index (χ2v) is 4.09. The summed E-state index contributed by atoms with van der Waals surface area (Å²) in [4.78, 5) is 21.8. The Hall–Kier alpha value is -1.66. The summed E-state index contributed by atoms with van der Waals surface area (Å²) in [6, 6.07) is 0. The van der Waals surface area contributed by atoms with Crippen LogP contribution in [0.4, 0.5) is 0 Å². The summed E-state index contributed by atoms with van der Waals surface area (Å²) < 4.78 is 10.9. The normalized spacial score (nSPS) is 10.6. The van der Waals surface area contributed by atoms with E-state index in [-0.39, 0.29) is 11.8 Å². The number of hydrogen-bond donors (Lipinski definition) is 2. The molecule has 6 heteroatoms. The Kier molecular flexibility index (Phi) is 8.48. The Morgan fingerprint density at radius 1 is 1.00 bits per heavy atom. The summed E-state index contributed by atoms with van der Waals surface area (Å²) >= 11 is 0. The van der Waals surface area contributed by atoms with Crippen molar-refractivity contribution in [3.63, 3.8) is 0 Å². The second kappa shape index (κ2) is 9.29. The first-order chi connectivity index (χ1) is 8.91. The van der Waals surface area contributed by atoms with Crippen LogP contribution in [0.1, 0.15) is 13.8 Å². The summed E-state index contributed by atoms with van der Waals surface area (Å²) in [6.45, 7) is 11.6. The summed E-state index contributed by atoms with van der Waals surface area (Å²) in [6.07, 6.45) is 2.40. The van der Waals surface area contributed by atoms with Crippen molar-refractivity contribution in [2.24, 2.45) is 0 Å². The van der Waals surface area contributed by atoms with Crippen LogP contribution in [0.3, 0.4) is 0 Å². The van der Waals surface area contributed by atoms with Crippen LogP contribution in [0.5, 0.6) is 0 Å². The van der Waals surface area contributed by atoms with Crippen molar-refractivity contribution in [3.8, 4) is 0 Å². The zero-order valence-electron chi connectivity index (χ0n) is 11.5. The molecular formula is C13H22N2O4. The number of nitrogens with one attached hydrogen (secondary N) is 2.